The molecular weight excluding hydrogens is 429 g/mol. The molecule has 0 bridgehead atoms. The van der Waals surface area contributed by atoms with E-state index in [0.717, 1.165) is 6.42 Å². The van der Waals surface area contributed by atoms with Gasteiger partial charge in [0, 0.05) is 46.1 Å². The van der Waals surface area contributed by atoms with Crippen LogP contribution in [0.4, 0.5) is 0 Å². The Labute approximate surface area is 170 Å². The van der Waals surface area contributed by atoms with Crippen LogP contribution < -0.4 is 5.73 Å². The number of nitrogens with two attached hydrogens (primary N) is 1. The Morgan fingerprint density at radius 3 is 2.08 bits per heavy atom. The molecule has 3 N–H and O–H groups in total. The van der Waals surface area contributed by atoms with Crippen molar-refractivity contribution in [3.05, 3.63) is 41.6 Å². The Morgan fingerprint density at radius 2 is 1.65 bits per heavy atom. The molecule has 0 aliphatic heterocycles. The van der Waals surface area contributed by atoms with Gasteiger partial charge in [-0.2, -0.15) is 0 Å². The molecule has 0 aromatic heterocycles. The van der Waals surface area contributed by atoms with Crippen LogP contribution in [0, 0.1) is 0 Å². The van der Waals surface area contributed by atoms with Crippen molar-refractivity contribution in [1.29, 1.82) is 0 Å². The Bertz CT molecular complexity index is 479. The molecule has 0 unspecified atom stereocenters. The largest absolute Gasteiger partial charge is 0.668 e. The van der Waals surface area contributed by atoms with Gasteiger partial charge in [0.1, 0.15) is 0 Å². The maximum absolute atomic E-state index is 12.0. The summed E-state index contributed by atoms with van der Waals surface area (Å²) in [6.07, 6.45) is 0.392. The molecule has 0 saturated heterocycles. The number of nitrogens with zero attached hydrogens (tertiary/aromatic N) is 1. The third-order valence-electron chi connectivity index (χ3n) is 3.12. The molecule has 0 fully saturated rings. The predicted molar refractivity (Wildman–Crippen MR) is 97.8 cm³/mol. The molecule has 0 aliphatic rings. The molecule has 8 heteroatoms. The molecule has 152 valence electrons. The number of hydrogen-bond donors (Lipinski definition) is 1. The minimum absolute atomic E-state index is 0. The summed E-state index contributed by atoms with van der Waals surface area (Å²) in [6.45, 7) is 7.12. The maximum atomic E-state index is 12.0. The number of carbonyl (C=O) groups is 2. The molecule has 0 radical (unpaired) electrons. The van der Waals surface area contributed by atoms with Crippen molar-refractivity contribution in [2.75, 3.05) is 32.8 Å². The van der Waals surface area contributed by atoms with Crippen molar-refractivity contribution in [3.8, 4) is 0 Å². The van der Waals surface area contributed by atoms with Gasteiger partial charge < -0.3 is 30.6 Å². The summed E-state index contributed by atoms with van der Waals surface area (Å²) >= 11 is 0. The molecule has 2 amide bonds. The standard InChI is InChI=1S/C16H26N2O3.C2H5NO.Pd/c1-3-20-16(21-4-2)13-18(15(19)12-17)11-10-14-8-6-5-7-9-14;1-2(3)4;/h5-9,16H,3-4,10-13,17H2,1-2H3;1H3,(H2,3,4);/p-1. The first kappa shape index (κ1) is 26.9. The predicted octanol–water partition coefficient (Wildman–Crippen LogP) is 2.00. The number of benzene rings is 1. The van der Waals surface area contributed by atoms with Crippen LogP contribution in [-0.4, -0.2) is 55.9 Å². The van der Waals surface area contributed by atoms with Crippen LogP contribution in [0.2, 0.25) is 0 Å². The average Bonchev–Trinajstić information content (AvgIpc) is 2.58. The summed E-state index contributed by atoms with van der Waals surface area (Å²) in [6, 6.07) is 10.1. The van der Waals surface area contributed by atoms with Gasteiger partial charge in [-0.1, -0.05) is 30.3 Å². The Balaban J connectivity index is 0. The number of carbonyl (C=O) groups excluding carboxylic acids is 2. The SMILES string of the molecule is CC([NH-])=O.CCOC(CN(CCc1ccccc1)C(=O)CN)OCC.[Pd]. The summed E-state index contributed by atoms with van der Waals surface area (Å²) in [5.74, 6) is -0.671. The monoisotopic (exact) mass is 458 g/mol. The molecule has 1 rings (SSSR count). The maximum Gasteiger partial charge on any atom is 0.236 e. The van der Waals surface area contributed by atoms with Crippen LogP contribution in [-0.2, 0) is 45.9 Å². The van der Waals surface area contributed by atoms with Crippen molar-refractivity contribution >= 4 is 11.8 Å². The van der Waals surface area contributed by atoms with Gasteiger partial charge in [-0.05, 0) is 32.8 Å². The first-order chi connectivity index (χ1) is 11.9. The second-order valence-electron chi connectivity index (χ2n) is 5.18. The molecule has 1 aromatic carbocycles. The Morgan fingerprint density at radius 1 is 1.15 bits per heavy atom. The fourth-order valence-corrected chi connectivity index (χ4v) is 2.06. The van der Waals surface area contributed by atoms with Gasteiger partial charge in [0.15, 0.2) is 6.29 Å². The molecule has 0 aliphatic carbocycles. The van der Waals surface area contributed by atoms with E-state index in [1.165, 1.54) is 12.5 Å². The molecule has 1 aromatic rings. The zero-order valence-corrected chi connectivity index (χ0v) is 17.2. The van der Waals surface area contributed by atoms with E-state index in [-0.39, 0.29) is 32.9 Å². The van der Waals surface area contributed by atoms with Crippen molar-refractivity contribution in [3.63, 3.8) is 0 Å². The van der Waals surface area contributed by atoms with Gasteiger partial charge in [-0.25, -0.2) is 0 Å². The molecule has 0 heterocycles. The van der Waals surface area contributed by atoms with Crippen LogP contribution in [0.15, 0.2) is 30.3 Å². The summed E-state index contributed by atoms with van der Waals surface area (Å²) in [4.78, 5) is 22.8. The molecule has 0 atom stereocenters. The number of hydrogen-bond acceptors (Lipinski definition) is 5. The average molecular weight is 459 g/mol. The third kappa shape index (κ3) is 13.9. The fraction of sp³-hybridized carbons (Fsp3) is 0.556. The van der Waals surface area contributed by atoms with Crippen molar-refractivity contribution < 1.29 is 39.5 Å². The number of ether oxygens (including phenoxy) is 2. The number of nitrogens with one attached hydrogen (secondary N) is 1. The van der Waals surface area contributed by atoms with Gasteiger partial charge in [-0.3, -0.25) is 4.79 Å². The van der Waals surface area contributed by atoms with E-state index in [1.807, 2.05) is 44.2 Å². The number of rotatable bonds is 10. The summed E-state index contributed by atoms with van der Waals surface area (Å²) in [5, 5.41) is 0. The summed E-state index contributed by atoms with van der Waals surface area (Å²) in [7, 11) is 0. The molecule has 0 saturated carbocycles. The van der Waals surface area contributed by atoms with Crippen molar-refractivity contribution in [2.45, 2.75) is 33.5 Å². The van der Waals surface area contributed by atoms with Gasteiger partial charge >= 0.3 is 0 Å². The fourth-order valence-electron chi connectivity index (χ4n) is 2.06. The molecule has 0 spiro atoms. The normalized spacial score (nSPS) is 9.73. The van der Waals surface area contributed by atoms with E-state index < -0.39 is 12.2 Å². The molecule has 7 nitrogen and oxygen atoms in total. The van der Waals surface area contributed by atoms with Gasteiger partial charge in [-0.15, -0.1) is 0 Å². The minimum atomic E-state index is -0.583. The third-order valence-corrected chi connectivity index (χ3v) is 3.12. The van der Waals surface area contributed by atoms with Gasteiger partial charge in [0.05, 0.1) is 13.1 Å². The van der Waals surface area contributed by atoms with E-state index in [1.54, 1.807) is 4.90 Å². The second kappa shape index (κ2) is 17.1. The first-order valence-electron chi connectivity index (χ1n) is 8.41. The van der Waals surface area contributed by atoms with Crippen LogP contribution >= 0.6 is 0 Å². The van der Waals surface area contributed by atoms with Crippen molar-refractivity contribution in [1.82, 2.24) is 4.90 Å². The van der Waals surface area contributed by atoms with E-state index in [9.17, 15) is 4.79 Å². The molecule has 26 heavy (non-hydrogen) atoms. The van der Waals surface area contributed by atoms with E-state index in [4.69, 9.17) is 25.7 Å². The topological polar surface area (TPSA) is 106 Å². The first-order valence-corrected chi connectivity index (χ1v) is 8.41. The summed E-state index contributed by atoms with van der Waals surface area (Å²) in [5.41, 5.74) is 12.6. The van der Waals surface area contributed by atoms with E-state index in [0.29, 0.717) is 26.3 Å². The smallest absolute Gasteiger partial charge is 0.236 e. The zero-order valence-electron chi connectivity index (χ0n) is 15.7. The zero-order chi connectivity index (χ0) is 19.1. The van der Waals surface area contributed by atoms with Crippen LogP contribution in [0.1, 0.15) is 26.3 Å². The van der Waals surface area contributed by atoms with Gasteiger partial charge in [0.2, 0.25) is 5.91 Å². The van der Waals surface area contributed by atoms with Crippen LogP contribution in [0.3, 0.4) is 0 Å². The summed E-state index contributed by atoms with van der Waals surface area (Å²) < 4.78 is 11.0. The van der Waals surface area contributed by atoms with E-state index in [2.05, 4.69) is 0 Å². The Hall–Kier alpha value is -1.30. The van der Waals surface area contributed by atoms with E-state index >= 15 is 0 Å². The van der Waals surface area contributed by atoms with Gasteiger partial charge in [0.25, 0.3) is 0 Å². The minimum Gasteiger partial charge on any atom is -0.668 e. The second-order valence-corrected chi connectivity index (χ2v) is 5.18. The Kier molecular flexibility index (Phi) is 17.7. The van der Waals surface area contributed by atoms with Crippen LogP contribution in [0.5, 0.6) is 0 Å². The molecular formula is C18H30N3O4Pd-. The van der Waals surface area contributed by atoms with Crippen molar-refractivity contribution in [2.24, 2.45) is 5.73 Å². The van der Waals surface area contributed by atoms with Crippen LogP contribution in [0.25, 0.3) is 5.73 Å². The quantitative estimate of drug-likeness (QED) is 0.426. The number of amides is 2.